The minimum atomic E-state index is 0.0891. The van der Waals surface area contributed by atoms with Crippen molar-refractivity contribution in [1.29, 1.82) is 0 Å². The van der Waals surface area contributed by atoms with Crippen molar-refractivity contribution < 1.29 is 10.2 Å². The highest BCUT2D eigenvalue weighted by molar-refractivity contribution is 5.89. The van der Waals surface area contributed by atoms with E-state index < -0.39 is 0 Å². The molecule has 80 valence electrons. The molecule has 0 radical (unpaired) electrons. The van der Waals surface area contributed by atoms with Crippen LogP contribution in [0.2, 0.25) is 0 Å². The van der Waals surface area contributed by atoms with Crippen molar-refractivity contribution in [2.75, 3.05) is 0 Å². The van der Waals surface area contributed by atoms with Gasteiger partial charge in [0.15, 0.2) is 0 Å². The Labute approximate surface area is 89.8 Å². The third-order valence-corrected chi connectivity index (χ3v) is 1.82. The summed E-state index contributed by atoms with van der Waals surface area (Å²) in [6.45, 7) is 4.25. The molecule has 2 N–H and O–H groups in total. The minimum absolute atomic E-state index is 0.0891. The SMILES string of the molecule is CCC.Oc1cc(O)c2ccccc2c1. The standard InChI is InChI=1S/C10H8O2.C3H8/c11-8-5-7-3-1-2-4-9(7)10(12)6-8;1-3-2/h1-6,11-12H;3H2,1-2H3. The second kappa shape index (κ2) is 5.25. The molecular formula is C13H16O2. The average Bonchev–Trinajstić information content (AvgIpc) is 2.18. The molecule has 0 amide bonds. The van der Waals surface area contributed by atoms with E-state index in [1.807, 2.05) is 24.3 Å². The summed E-state index contributed by atoms with van der Waals surface area (Å²) in [6, 6.07) is 10.3. The number of fused-ring (bicyclic) bond motifs is 1. The largest absolute Gasteiger partial charge is 0.508 e. The second-order valence-corrected chi connectivity index (χ2v) is 3.39. The zero-order valence-electron chi connectivity index (χ0n) is 9.07. The van der Waals surface area contributed by atoms with E-state index in [9.17, 15) is 5.11 Å². The van der Waals surface area contributed by atoms with Gasteiger partial charge in [-0.05, 0) is 11.5 Å². The lowest BCUT2D eigenvalue weighted by Gasteiger charge is -2.00. The highest BCUT2D eigenvalue weighted by Crippen LogP contribution is 2.28. The van der Waals surface area contributed by atoms with Crippen LogP contribution in [0.1, 0.15) is 20.3 Å². The van der Waals surface area contributed by atoms with E-state index in [2.05, 4.69) is 13.8 Å². The van der Waals surface area contributed by atoms with Gasteiger partial charge < -0.3 is 10.2 Å². The van der Waals surface area contributed by atoms with Crippen LogP contribution >= 0.6 is 0 Å². The quantitative estimate of drug-likeness (QED) is 0.687. The predicted octanol–water partition coefficient (Wildman–Crippen LogP) is 3.67. The lowest BCUT2D eigenvalue weighted by molar-refractivity contribution is 0.455. The fourth-order valence-electron chi connectivity index (χ4n) is 1.27. The molecule has 0 aliphatic rings. The van der Waals surface area contributed by atoms with Crippen LogP contribution in [0.4, 0.5) is 0 Å². The summed E-state index contributed by atoms with van der Waals surface area (Å²) >= 11 is 0. The molecule has 0 aliphatic carbocycles. The Morgan fingerprint density at radius 3 is 2.27 bits per heavy atom. The van der Waals surface area contributed by atoms with Gasteiger partial charge in [-0.3, -0.25) is 0 Å². The Kier molecular flexibility index (Phi) is 3.98. The lowest BCUT2D eigenvalue weighted by atomic mass is 10.1. The molecule has 0 aromatic heterocycles. The lowest BCUT2D eigenvalue weighted by Crippen LogP contribution is -1.73. The molecule has 0 atom stereocenters. The number of benzene rings is 2. The van der Waals surface area contributed by atoms with E-state index >= 15 is 0 Å². The van der Waals surface area contributed by atoms with Gasteiger partial charge in [0.2, 0.25) is 0 Å². The summed E-state index contributed by atoms with van der Waals surface area (Å²) in [6.07, 6.45) is 1.25. The van der Waals surface area contributed by atoms with Crippen molar-refractivity contribution in [3.05, 3.63) is 36.4 Å². The number of phenols is 2. The van der Waals surface area contributed by atoms with Crippen LogP contribution in [0.25, 0.3) is 10.8 Å². The molecule has 0 heterocycles. The molecule has 2 nitrogen and oxygen atoms in total. The number of hydrogen-bond acceptors (Lipinski definition) is 2. The monoisotopic (exact) mass is 204 g/mol. The number of phenolic OH excluding ortho intramolecular Hbond substituents is 2. The van der Waals surface area contributed by atoms with Crippen molar-refractivity contribution in [1.82, 2.24) is 0 Å². The highest BCUT2D eigenvalue weighted by atomic mass is 16.3. The zero-order chi connectivity index (χ0) is 11.3. The fraction of sp³-hybridized carbons (Fsp3) is 0.231. The van der Waals surface area contributed by atoms with Crippen LogP contribution < -0.4 is 0 Å². The first-order valence-electron chi connectivity index (χ1n) is 5.09. The van der Waals surface area contributed by atoms with Gasteiger partial charge in [0.1, 0.15) is 11.5 Å². The summed E-state index contributed by atoms with van der Waals surface area (Å²) in [4.78, 5) is 0. The molecule has 2 rings (SSSR count). The molecular weight excluding hydrogens is 188 g/mol. The fourth-order valence-corrected chi connectivity index (χ4v) is 1.27. The van der Waals surface area contributed by atoms with Crippen LogP contribution in [0.5, 0.6) is 11.5 Å². The highest BCUT2D eigenvalue weighted by Gasteiger charge is 1.99. The van der Waals surface area contributed by atoms with Crippen molar-refractivity contribution in [3.63, 3.8) is 0 Å². The van der Waals surface area contributed by atoms with E-state index in [1.165, 1.54) is 12.5 Å². The molecule has 2 aromatic rings. The second-order valence-electron chi connectivity index (χ2n) is 3.39. The molecule has 0 aliphatic heterocycles. The predicted molar refractivity (Wildman–Crippen MR) is 63.2 cm³/mol. The molecule has 0 bridgehead atoms. The smallest absolute Gasteiger partial charge is 0.127 e. The van der Waals surface area contributed by atoms with Crippen LogP contribution in [0.3, 0.4) is 0 Å². The van der Waals surface area contributed by atoms with Gasteiger partial charge in [0.05, 0.1) is 0 Å². The zero-order valence-corrected chi connectivity index (χ0v) is 9.07. The van der Waals surface area contributed by atoms with Gasteiger partial charge in [-0.1, -0.05) is 44.5 Å². The Hall–Kier alpha value is -1.70. The first kappa shape index (κ1) is 11.4. The molecule has 0 saturated carbocycles. The van der Waals surface area contributed by atoms with Crippen molar-refractivity contribution in [3.8, 4) is 11.5 Å². The van der Waals surface area contributed by atoms with Crippen molar-refractivity contribution >= 4 is 10.8 Å². The molecule has 0 unspecified atom stereocenters. The van der Waals surface area contributed by atoms with Gasteiger partial charge >= 0.3 is 0 Å². The van der Waals surface area contributed by atoms with E-state index in [1.54, 1.807) is 6.07 Å². The first-order valence-corrected chi connectivity index (χ1v) is 5.09. The molecule has 2 heteroatoms. The maximum absolute atomic E-state index is 9.39. The third kappa shape index (κ3) is 2.88. The van der Waals surface area contributed by atoms with Crippen molar-refractivity contribution in [2.24, 2.45) is 0 Å². The van der Waals surface area contributed by atoms with Gasteiger partial charge in [0.25, 0.3) is 0 Å². The normalized spacial score (nSPS) is 9.47. The van der Waals surface area contributed by atoms with Gasteiger partial charge in [-0.25, -0.2) is 0 Å². The third-order valence-electron chi connectivity index (χ3n) is 1.82. The Bertz CT molecular complexity index is 435. The van der Waals surface area contributed by atoms with Crippen LogP contribution in [-0.2, 0) is 0 Å². The molecule has 0 spiro atoms. The topological polar surface area (TPSA) is 40.5 Å². The minimum Gasteiger partial charge on any atom is -0.508 e. The molecule has 2 aromatic carbocycles. The van der Waals surface area contributed by atoms with E-state index in [0.717, 1.165) is 10.8 Å². The summed E-state index contributed by atoms with van der Waals surface area (Å²) in [5, 5.41) is 20.1. The average molecular weight is 204 g/mol. The van der Waals surface area contributed by atoms with Crippen LogP contribution in [-0.4, -0.2) is 10.2 Å². The van der Waals surface area contributed by atoms with Gasteiger partial charge in [-0.2, -0.15) is 0 Å². The first-order chi connectivity index (χ1) is 7.19. The van der Waals surface area contributed by atoms with Crippen LogP contribution in [0, 0.1) is 0 Å². The summed E-state index contributed by atoms with van der Waals surface area (Å²) in [5.74, 6) is 0.205. The summed E-state index contributed by atoms with van der Waals surface area (Å²) < 4.78 is 0. The van der Waals surface area contributed by atoms with E-state index in [-0.39, 0.29) is 11.5 Å². The maximum atomic E-state index is 9.39. The maximum Gasteiger partial charge on any atom is 0.127 e. The summed E-state index contributed by atoms with van der Waals surface area (Å²) in [5.41, 5.74) is 0. The van der Waals surface area contributed by atoms with Gasteiger partial charge in [-0.15, -0.1) is 0 Å². The van der Waals surface area contributed by atoms with Crippen molar-refractivity contribution in [2.45, 2.75) is 20.3 Å². The Balaban J connectivity index is 0.000000337. The Morgan fingerprint density at radius 1 is 1.00 bits per heavy atom. The number of hydrogen-bond donors (Lipinski definition) is 2. The van der Waals surface area contributed by atoms with E-state index in [4.69, 9.17) is 5.11 Å². The molecule has 0 fully saturated rings. The van der Waals surface area contributed by atoms with Gasteiger partial charge in [0, 0.05) is 11.5 Å². The molecule has 0 saturated heterocycles. The number of rotatable bonds is 0. The Morgan fingerprint density at radius 2 is 1.60 bits per heavy atom. The number of aromatic hydroxyl groups is 2. The summed E-state index contributed by atoms with van der Waals surface area (Å²) in [7, 11) is 0. The van der Waals surface area contributed by atoms with Crippen LogP contribution in [0.15, 0.2) is 36.4 Å². The molecule has 15 heavy (non-hydrogen) atoms. The van der Waals surface area contributed by atoms with E-state index in [0.29, 0.717) is 0 Å².